The van der Waals surface area contributed by atoms with Gasteiger partial charge in [0.1, 0.15) is 11.5 Å². The summed E-state index contributed by atoms with van der Waals surface area (Å²) in [6, 6.07) is 7.53. The van der Waals surface area contributed by atoms with Gasteiger partial charge in [0.25, 0.3) is 0 Å². The van der Waals surface area contributed by atoms with Crippen molar-refractivity contribution in [1.82, 2.24) is 0 Å². The number of hydrogen-bond acceptors (Lipinski definition) is 3. The van der Waals surface area contributed by atoms with E-state index in [1.165, 1.54) is 77.0 Å². The van der Waals surface area contributed by atoms with Crippen LogP contribution in [0.3, 0.4) is 0 Å². The van der Waals surface area contributed by atoms with Gasteiger partial charge in [0, 0.05) is 0 Å². The Labute approximate surface area is 196 Å². The van der Waals surface area contributed by atoms with E-state index in [-0.39, 0.29) is 11.9 Å². The molecule has 1 aromatic rings. The van der Waals surface area contributed by atoms with Crippen LogP contribution in [0.5, 0.6) is 11.5 Å². The lowest BCUT2D eigenvalue weighted by Gasteiger charge is -2.37. The van der Waals surface area contributed by atoms with Gasteiger partial charge < -0.3 is 9.47 Å². The summed E-state index contributed by atoms with van der Waals surface area (Å²) in [5.74, 6) is 4.23. The van der Waals surface area contributed by atoms with Crippen molar-refractivity contribution in [1.29, 1.82) is 0 Å². The molecule has 0 amide bonds. The average Bonchev–Trinajstić information content (AvgIpc) is 2.83. The van der Waals surface area contributed by atoms with Gasteiger partial charge in [-0.25, -0.2) is 0 Å². The van der Waals surface area contributed by atoms with Gasteiger partial charge in [-0.2, -0.15) is 0 Å². The molecule has 0 saturated heterocycles. The average molecular weight is 443 g/mol. The Morgan fingerprint density at radius 3 is 1.94 bits per heavy atom. The van der Waals surface area contributed by atoms with Crippen LogP contribution in [0.15, 0.2) is 24.3 Å². The highest BCUT2D eigenvalue weighted by Gasteiger charge is 2.33. The summed E-state index contributed by atoms with van der Waals surface area (Å²) in [6.07, 6.45) is 19.2. The maximum absolute atomic E-state index is 12.7. The molecule has 0 unspecified atom stereocenters. The predicted octanol–water partition coefficient (Wildman–Crippen LogP) is 8.35. The molecule has 2 saturated carbocycles. The third-order valence-corrected chi connectivity index (χ3v) is 7.94. The molecule has 2 fully saturated rings. The molecule has 0 spiro atoms. The second kappa shape index (κ2) is 13.9. The number of unbranched alkanes of at least 4 members (excludes halogenated alkanes) is 4. The summed E-state index contributed by atoms with van der Waals surface area (Å²) in [6.45, 7) is 5.23. The summed E-state index contributed by atoms with van der Waals surface area (Å²) in [7, 11) is 0. The van der Waals surface area contributed by atoms with Crippen molar-refractivity contribution >= 4 is 5.97 Å². The summed E-state index contributed by atoms with van der Waals surface area (Å²) in [4.78, 5) is 12.7. The Kier molecular flexibility index (Phi) is 10.9. The van der Waals surface area contributed by atoms with E-state index in [4.69, 9.17) is 9.47 Å². The van der Waals surface area contributed by atoms with Crippen molar-refractivity contribution in [3.05, 3.63) is 24.3 Å². The maximum atomic E-state index is 12.7. The standard InChI is InChI=1S/C29H46O3/c1-3-5-7-9-23-10-12-24(13-11-23)25-14-16-26(17-15-25)29(30)32-28-20-18-27(19-21-28)31-22-8-6-4-2/h18-21,23-26H,3-17,22H2,1-2H3. The van der Waals surface area contributed by atoms with Crippen LogP contribution in [0, 0.1) is 23.7 Å². The second-order valence-electron chi connectivity index (χ2n) is 10.3. The number of hydrogen-bond donors (Lipinski definition) is 0. The van der Waals surface area contributed by atoms with Crippen molar-refractivity contribution in [3.8, 4) is 11.5 Å². The van der Waals surface area contributed by atoms with Crippen LogP contribution in [-0.2, 0) is 4.79 Å². The van der Waals surface area contributed by atoms with E-state index in [0.29, 0.717) is 5.75 Å². The molecule has 0 aromatic heterocycles. The van der Waals surface area contributed by atoms with Gasteiger partial charge >= 0.3 is 5.97 Å². The quantitative estimate of drug-likeness (QED) is 0.185. The zero-order valence-electron chi connectivity index (χ0n) is 20.7. The second-order valence-corrected chi connectivity index (χ2v) is 10.3. The van der Waals surface area contributed by atoms with Gasteiger partial charge in [0.05, 0.1) is 12.5 Å². The van der Waals surface area contributed by atoms with Crippen LogP contribution in [0.2, 0.25) is 0 Å². The molecular formula is C29H46O3. The van der Waals surface area contributed by atoms with E-state index in [0.717, 1.165) is 49.4 Å². The topological polar surface area (TPSA) is 35.5 Å². The van der Waals surface area contributed by atoms with Gasteiger partial charge in [0.15, 0.2) is 0 Å². The van der Waals surface area contributed by atoms with E-state index in [1.807, 2.05) is 24.3 Å². The van der Waals surface area contributed by atoms with Crippen LogP contribution < -0.4 is 9.47 Å². The molecule has 1 aromatic carbocycles. The first kappa shape index (κ1) is 25.1. The highest BCUT2D eigenvalue weighted by atomic mass is 16.5. The molecular weight excluding hydrogens is 396 g/mol. The molecule has 0 atom stereocenters. The van der Waals surface area contributed by atoms with Gasteiger partial charge in [-0.1, -0.05) is 65.2 Å². The lowest BCUT2D eigenvalue weighted by Crippen LogP contribution is -2.30. The zero-order valence-corrected chi connectivity index (χ0v) is 20.7. The number of esters is 1. The highest BCUT2D eigenvalue weighted by molar-refractivity contribution is 5.75. The number of ether oxygens (including phenoxy) is 2. The van der Waals surface area contributed by atoms with Crippen molar-refractivity contribution < 1.29 is 14.3 Å². The Morgan fingerprint density at radius 1 is 0.750 bits per heavy atom. The molecule has 2 aliphatic carbocycles. The van der Waals surface area contributed by atoms with Gasteiger partial charge in [-0.15, -0.1) is 0 Å². The number of rotatable bonds is 12. The fourth-order valence-corrected chi connectivity index (χ4v) is 5.80. The molecule has 0 aliphatic heterocycles. The van der Waals surface area contributed by atoms with Crippen LogP contribution in [0.25, 0.3) is 0 Å². The van der Waals surface area contributed by atoms with E-state index in [2.05, 4.69) is 13.8 Å². The summed E-state index contributed by atoms with van der Waals surface area (Å²) < 4.78 is 11.4. The number of benzene rings is 1. The maximum Gasteiger partial charge on any atom is 0.314 e. The minimum absolute atomic E-state index is 0.0419. The summed E-state index contributed by atoms with van der Waals surface area (Å²) in [5, 5.41) is 0. The lowest BCUT2D eigenvalue weighted by atomic mass is 9.68. The summed E-state index contributed by atoms with van der Waals surface area (Å²) >= 11 is 0. The first-order valence-corrected chi connectivity index (χ1v) is 13.6. The van der Waals surface area contributed by atoms with Crippen LogP contribution >= 0.6 is 0 Å². The van der Waals surface area contributed by atoms with E-state index < -0.39 is 0 Å². The lowest BCUT2D eigenvalue weighted by molar-refractivity contribution is -0.140. The van der Waals surface area contributed by atoms with Crippen molar-refractivity contribution in [2.45, 2.75) is 110 Å². The van der Waals surface area contributed by atoms with Crippen molar-refractivity contribution in [2.75, 3.05) is 6.61 Å². The van der Waals surface area contributed by atoms with Gasteiger partial charge in [-0.05, 0) is 87.0 Å². The van der Waals surface area contributed by atoms with Crippen molar-refractivity contribution in [3.63, 3.8) is 0 Å². The fourth-order valence-electron chi connectivity index (χ4n) is 5.80. The molecule has 3 rings (SSSR count). The smallest absolute Gasteiger partial charge is 0.314 e. The Balaban J connectivity index is 1.34. The largest absolute Gasteiger partial charge is 0.494 e. The Morgan fingerprint density at radius 2 is 1.31 bits per heavy atom. The van der Waals surface area contributed by atoms with E-state index >= 15 is 0 Å². The molecule has 180 valence electrons. The SMILES string of the molecule is CCCCCOc1ccc(OC(=O)C2CCC(C3CCC(CCCCC)CC3)CC2)cc1. The van der Waals surface area contributed by atoms with E-state index in [9.17, 15) is 4.79 Å². The zero-order chi connectivity index (χ0) is 22.6. The molecule has 32 heavy (non-hydrogen) atoms. The van der Waals surface area contributed by atoms with Gasteiger partial charge in [0.2, 0.25) is 0 Å². The molecule has 0 N–H and O–H groups in total. The minimum Gasteiger partial charge on any atom is -0.494 e. The molecule has 2 aliphatic rings. The normalized spacial score (nSPS) is 25.9. The molecule has 0 heterocycles. The first-order chi connectivity index (χ1) is 15.7. The third-order valence-electron chi connectivity index (χ3n) is 7.94. The van der Waals surface area contributed by atoms with Crippen LogP contribution in [-0.4, -0.2) is 12.6 Å². The highest BCUT2D eigenvalue weighted by Crippen LogP contribution is 2.42. The first-order valence-electron chi connectivity index (χ1n) is 13.6. The molecule has 0 radical (unpaired) electrons. The van der Waals surface area contributed by atoms with Crippen LogP contribution in [0.4, 0.5) is 0 Å². The minimum atomic E-state index is -0.0419. The Bertz CT molecular complexity index is 637. The summed E-state index contributed by atoms with van der Waals surface area (Å²) in [5.41, 5.74) is 0. The molecule has 3 nitrogen and oxygen atoms in total. The number of carbonyl (C=O) groups excluding carboxylic acids is 1. The van der Waals surface area contributed by atoms with Gasteiger partial charge in [-0.3, -0.25) is 4.79 Å². The predicted molar refractivity (Wildman–Crippen MR) is 132 cm³/mol. The monoisotopic (exact) mass is 442 g/mol. The number of carbonyl (C=O) groups is 1. The fraction of sp³-hybridized carbons (Fsp3) is 0.759. The van der Waals surface area contributed by atoms with Crippen molar-refractivity contribution in [2.24, 2.45) is 23.7 Å². The molecule has 3 heteroatoms. The Hall–Kier alpha value is -1.51. The van der Waals surface area contributed by atoms with Crippen LogP contribution in [0.1, 0.15) is 110 Å². The third kappa shape index (κ3) is 8.12. The van der Waals surface area contributed by atoms with E-state index in [1.54, 1.807) is 0 Å². The molecule has 0 bridgehead atoms.